The van der Waals surface area contributed by atoms with E-state index in [4.69, 9.17) is 26.8 Å². The Kier molecular flexibility index (Phi) is 5.38. The fourth-order valence-corrected chi connectivity index (χ4v) is 1.96. The highest BCUT2D eigenvalue weighted by atomic mass is 35.5. The van der Waals surface area contributed by atoms with Crippen LogP contribution >= 0.6 is 11.6 Å². The lowest BCUT2D eigenvalue weighted by atomic mass is 10.1. The van der Waals surface area contributed by atoms with Gasteiger partial charge in [-0.05, 0) is 18.2 Å². The monoisotopic (exact) mass is 319 g/mol. The summed E-state index contributed by atoms with van der Waals surface area (Å²) in [5.41, 5.74) is 5.78. The van der Waals surface area contributed by atoms with Gasteiger partial charge in [0, 0.05) is 10.6 Å². The number of esters is 1. The second kappa shape index (κ2) is 7.47. The first-order valence-corrected chi connectivity index (χ1v) is 6.86. The van der Waals surface area contributed by atoms with E-state index in [0.717, 1.165) is 0 Å². The van der Waals surface area contributed by atoms with Crippen molar-refractivity contribution in [1.82, 2.24) is 0 Å². The van der Waals surface area contributed by atoms with Gasteiger partial charge in [-0.2, -0.15) is 0 Å². The Morgan fingerprint density at radius 1 is 1.09 bits per heavy atom. The molecule has 2 aromatic rings. The maximum atomic E-state index is 11.8. The van der Waals surface area contributed by atoms with E-state index in [-0.39, 0.29) is 6.61 Å². The summed E-state index contributed by atoms with van der Waals surface area (Å²) >= 11 is 5.81. The van der Waals surface area contributed by atoms with Gasteiger partial charge in [-0.15, -0.1) is 0 Å². The highest BCUT2D eigenvalue weighted by molar-refractivity contribution is 6.30. The quantitative estimate of drug-likeness (QED) is 0.830. The number of halogens is 1. The summed E-state index contributed by atoms with van der Waals surface area (Å²) in [6.07, 6.45) is -1.14. The lowest BCUT2D eigenvalue weighted by Crippen LogP contribution is -2.28. The third kappa shape index (κ3) is 4.49. The van der Waals surface area contributed by atoms with Crippen molar-refractivity contribution in [3.8, 4) is 5.75 Å². The van der Waals surface area contributed by atoms with Gasteiger partial charge in [0.1, 0.15) is 5.75 Å². The zero-order valence-electron chi connectivity index (χ0n) is 11.6. The third-order valence-corrected chi connectivity index (χ3v) is 3.00. The number of carbonyl (C=O) groups is 2. The van der Waals surface area contributed by atoms with E-state index in [1.807, 2.05) is 0 Å². The van der Waals surface area contributed by atoms with Crippen molar-refractivity contribution in [2.75, 3.05) is 6.61 Å². The molecular weight excluding hydrogens is 306 g/mol. The number of benzene rings is 2. The van der Waals surface area contributed by atoms with E-state index in [1.165, 1.54) is 0 Å². The first kappa shape index (κ1) is 15.9. The molecule has 5 nitrogen and oxygen atoms in total. The van der Waals surface area contributed by atoms with E-state index in [9.17, 15) is 9.59 Å². The molecule has 1 amide bonds. The van der Waals surface area contributed by atoms with Crippen LogP contribution in [0.1, 0.15) is 11.7 Å². The maximum Gasteiger partial charge on any atom is 0.345 e. The van der Waals surface area contributed by atoms with Gasteiger partial charge in [-0.25, -0.2) is 4.79 Å². The molecule has 22 heavy (non-hydrogen) atoms. The highest BCUT2D eigenvalue weighted by Crippen LogP contribution is 2.19. The van der Waals surface area contributed by atoms with E-state index >= 15 is 0 Å². The largest absolute Gasteiger partial charge is 0.482 e. The van der Waals surface area contributed by atoms with Crippen LogP contribution in [0.2, 0.25) is 5.02 Å². The van der Waals surface area contributed by atoms with Crippen LogP contribution in [-0.4, -0.2) is 18.5 Å². The van der Waals surface area contributed by atoms with Crippen LogP contribution in [0.25, 0.3) is 0 Å². The zero-order chi connectivity index (χ0) is 15.9. The van der Waals surface area contributed by atoms with Crippen LogP contribution in [0.3, 0.4) is 0 Å². The van der Waals surface area contributed by atoms with Gasteiger partial charge >= 0.3 is 5.97 Å². The van der Waals surface area contributed by atoms with Crippen LogP contribution in [0.15, 0.2) is 54.6 Å². The van der Waals surface area contributed by atoms with Gasteiger partial charge in [-0.1, -0.05) is 48.0 Å². The molecule has 0 fully saturated rings. The van der Waals surface area contributed by atoms with Gasteiger partial charge in [0.2, 0.25) is 6.10 Å². The Bertz CT molecular complexity index is 660. The minimum Gasteiger partial charge on any atom is -0.482 e. The Morgan fingerprint density at radius 2 is 1.82 bits per heavy atom. The molecule has 0 aromatic heterocycles. The van der Waals surface area contributed by atoms with Crippen molar-refractivity contribution in [3.05, 3.63) is 65.2 Å². The fraction of sp³-hybridized carbons (Fsp3) is 0.125. The smallest absolute Gasteiger partial charge is 0.345 e. The molecule has 2 aromatic carbocycles. The molecule has 0 heterocycles. The number of hydrogen-bond donors (Lipinski definition) is 1. The predicted molar refractivity (Wildman–Crippen MR) is 81.4 cm³/mol. The Balaban J connectivity index is 1.96. The molecule has 1 unspecified atom stereocenters. The summed E-state index contributed by atoms with van der Waals surface area (Å²) in [7, 11) is 0. The Labute approximate surface area is 132 Å². The van der Waals surface area contributed by atoms with Crippen molar-refractivity contribution in [2.24, 2.45) is 5.73 Å². The van der Waals surface area contributed by atoms with Gasteiger partial charge in [0.05, 0.1) is 0 Å². The van der Waals surface area contributed by atoms with Crippen molar-refractivity contribution in [3.63, 3.8) is 0 Å². The molecule has 0 spiro atoms. The lowest BCUT2D eigenvalue weighted by molar-refractivity contribution is -0.157. The molecule has 2 N–H and O–H groups in total. The second-order valence-corrected chi connectivity index (χ2v) is 4.87. The molecule has 0 aliphatic carbocycles. The molecule has 0 aliphatic heterocycles. The number of primary amides is 1. The normalized spacial score (nSPS) is 11.5. The number of rotatable bonds is 6. The van der Waals surface area contributed by atoms with Crippen LogP contribution < -0.4 is 10.5 Å². The molecule has 6 heteroatoms. The third-order valence-electron chi connectivity index (χ3n) is 2.76. The first-order chi connectivity index (χ1) is 10.6. The zero-order valence-corrected chi connectivity index (χ0v) is 12.3. The minimum absolute atomic E-state index is 0.350. The van der Waals surface area contributed by atoms with Crippen LogP contribution in [0.5, 0.6) is 5.75 Å². The van der Waals surface area contributed by atoms with Crippen molar-refractivity contribution in [2.45, 2.75) is 6.10 Å². The van der Waals surface area contributed by atoms with Crippen molar-refractivity contribution < 1.29 is 19.1 Å². The Hall–Kier alpha value is -2.53. The second-order valence-electron chi connectivity index (χ2n) is 4.43. The Morgan fingerprint density at radius 3 is 2.45 bits per heavy atom. The summed E-state index contributed by atoms with van der Waals surface area (Å²) in [5, 5.41) is 0.491. The number of amides is 1. The maximum absolute atomic E-state index is 11.8. The average molecular weight is 320 g/mol. The number of hydrogen-bond acceptors (Lipinski definition) is 4. The molecule has 0 bridgehead atoms. The fourth-order valence-electron chi connectivity index (χ4n) is 1.78. The van der Waals surface area contributed by atoms with Crippen LogP contribution in [0, 0.1) is 0 Å². The molecule has 2 rings (SSSR count). The van der Waals surface area contributed by atoms with Gasteiger partial charge in [0.25, 0.3) is 5.91 Å². The van der Waals surface area contributed by atoms with E-state index in [0.29, 0.717) is 16.3 Å². The SMILES string of the molecule is NC(=O)C(OC(=O)COc1cccc(Cl)c1)c1ccccc1. The standard InChI is InChI=1S/C16H14ClNO4/c17-12-7-4-8-13(9-12)21-10-14(19)22-15(16(18)20)11-5-2-1-3-6-11/h1-9,15H,10H2,(H2,18,20). The molecule has 1 atom stereocenters. The molecule has 0 radical (unpaired) electrons. The van der Waals surface area contributed by atoms with E-state index in [2.05, 4.69) is 0 Å². The molecule has 0 saturated carbocycles. The highest BCUT2D eigenvalue weighted by Gasteiger charge is 2.22. The summed E-state index contributed by atoms with van der Waals surface area (Å²) in [5.74, 6) is -1.02. The number of ether oxygens (including phenoxy) is 2. The predicted octanol–water partition coefficient (Wildman–Crippen LogP) is 2.49. The topological polar surface area (TPSA) is 78.6 Å². The average Bonchev–Trinajstić information content (AvgIpc) is 2.51. The molecule has 0 aliphatic rings. The summed E-state index contributed by atoms with van der Waals surface area (Å²) in [4.78, 5) is 23.2. The van der Waals surface area contributed by atoms with Crippen LogP contribution in [0.4, 0.5) is 0 Å². The van der Waals surface area contributed by atoms with E-state index < -0.39 is 18.0 Å². The van der Waals surface area contributed by atoms with Gasteiger partial charge < -0.3 is 15.2 Å². The van der Waals surface area contributed by atoms with Crippen molar-refractivity contribution in [1.29, 1.82) is 0 Å². The molecule has 0 saturated heterocycles. The summed E-state index contributed by atoms with van der Waals surface area (Å²) in [6, 6.07) is 15.1. The number of nitrogens with two attached hydrogens (primary N) is 1. The lowest BCUT2D eigenvalue weighted by Gasteiger charge is -2.15. The van der Waals surface area contributed by atoms with E-state index in [1.54, 1.807) is 54.6 Å². The molecular formula is C16H14ClNO4. The summed E-state index contributed by atoms with van der Waals surface area (Å²) < 4.78 is 10.3. The first-order valence-electron chi connectivity index (χ1n) is 6.48. The molecule has 114 valence electrons. The van der Waals surface area contributed by atoms with Gasteiger partial charge in [0.15, 0.2) is 6.61 Å². The minimum atomic E-state index is -1.14. The number of carbonyl (C=O) groups excluding carboxylic acids is 2. The van der Waals surface area contributed by atoms with Crippen molar-refractivity contribution >= 4 is 23.5 Å². The van der Waals surface area contributed by atoms with Crippen LogP contribution in [-0.2, 0) is 14.3 Å². The van der Waals surface area contributed by atoms with Gasteiger partial charge in [-0.3, -0.25) is 4.79 Å². The summed E-state index contributed by atoms with van der Waals surface area (Å²) in [6.45, 7) is -0.350.